The van der Waals surface area contributed by atoms with E-state index in [-0.39, 0.29) is 23.7 Å². The number of pyridine rings is 1. The minimum atomic E-state index is -0.250. The summed E-state index contributed by atoms with van der Waals surface area (Å²) in [6, 6.07) is 5.38. The molecule has 1 saturated heterocycles. The van der Waals surface area contributed by atoms with Gasteiger partial charge in [-0.2, -0.15) is 0 Å². The summed E-state index contributed by atoms with van der Waals surface area (Å²) in [4.78, 5) is 18.7. The van der Waals surface area contributed by atoms with E-state index >= 15 is 0 Å². The van der Waals surface area contributed by atoms with Gasteiger partial charge in [-0.05, 0) is 30.9 Å². The van der Waals surface area contributed by atoms with Gasteiger partial charge in [0.15, 0.2) is 11.5 Å². The quantitative estimate of drug-likeness (QED) is 0.832. The Morgan fingerprint density at radius 3 is 2.96 bits per heavy atom. The zero-order valence-corrected chi connectivity index (χ0v) is 14.4. The first-order chi connectivity index (χ1) is 12.2. The fraction of sp³-hybridized carbons (Fsp3) is 0.500. The SMILES string of the molecule is CC[C@H](NC(=O)c1cc(CN2CCC(O)CC2)on1)c1cccnc1. The van der Waals surface area contributed by atoms with Gasteiger partial charge in [0.1, 0.15) is 0 Å². The lowest BCUT2D eigenvalue weighted by Gasteiger charge is -2.28. The van der Waals surface area contributed by atoms with Crippen LogP contribution in [-0.2, 0) is 6.54 Å². The van der Waals surface area contributed by atoms with Crippen LogP contribution in [0.15, 0.2) is 35.1 Å². The van der Waals surface area contributed by atoms with Crippen LogP contribution in [0.1, 0.15) is 54.0 Å². The predicted molar refractivity (Wildman–Crippen MR) is 91.8 cm³/mol. The standard InChI is InChI=1S/C18H24N4O3/c1-2-16(13-4-3-7-19-11-13)20-18(24)17-10-15(25-21-17)12-22-8-5-14(23)6-9-22/h3-4,7,10-11,14,16,23H,2,5-6,8-9,12H2,1H3,(H,20,24)/t16-/m0/s1. The number of piperidine rings is 1. The van der Waals surface area contributed by atoms with E-state index in [2.05, 4.69) is 20.4 Å². The molecule has 2 aromatic rings. The van der Waals surface area contributed by atoms with Crippen molar-refractivity contribution in [2.24, 2.45) is 0 Å². The van der Waals surface area contributed by atoms with Crippen LogP contribution >= 0.6 is 0 Å². The van der Waals surface area contributed by atoms with E-state index in [1.54, 1.807) is 18.5 Å². The summed E-state index contributed by atoms with van der Waals surface area (Å²) < 4.78 is 5.31. The Balaban J connectivity index is 1.58. The van der Waals surface area contributed by atoms with Crippen LogP contribution in [0.2, 0.25) is 0 Å². The molecule has 0 bridgehead atoms. The van der Waals surface area contributed by atoms with E-state index in [4.69, 9.17) is 4.52 Å². The monoisotopic (exact) mass is 344 g/mol. The molecule has 2 N–H and O–H groups in total. The van der Waals surface area contributed by atoms with Gasteiger partial charge in [-0.25, -0.2) is 0 Å². The minimum Gasteiger partial charge on any atom is -0.393 e. The number of hydrogen-bond donors (Lipinski definition) is 2. The van der Waals surface area contributed by atoms with Crippen LogP contribution in [0.25, 0.3) is 0 Å². The topological polar surface area (TPSA) is 91.5 Å². The summed E-state index contributed by atoms with van der Waals surface area (Å²) in [5.41, 5.74) is 1.25. The van der Waals surface area contributed by atoms with Gasteiger partial charge >= 0.3 is 0 Å². The van der Waals surface area contributed by atoms with Crippen LogP contribution < -0.4 is 5.32 Å². The van der Waals surface area contributed by atoms with Crippen molar-refractivity contribution in [2.45, 2.75) is 44.9 Å². The summed E-state index contributed by atoms with van der Waals surface area (Å²) in [5, 5.41) is 16.4. The van der Waals surface area contributed by atoms with E-state index in [9.17, 15) is 9.90 Å². The Morgan fingerprint density at radius 1 is 1.48 bits per heavy atom. The average molecular weight is 344 g/mol. The van der Waals surface area contributed by atoms with Crippen LogP contribution in [0.4, 0.5) is 0 Å². The summed E-state index contributed by atoms with van der Waals surface area (Å²) in [6.07, 6.45) is 5.56. The first kappa shape index (κ1) is 17.6. The fourth-order valence-electron chi connectivity index (χ4n) is 3.03. The van der Waals surface area contributed by atoms with Gasteiger partial charge in [0, 0.05) is 31.5 Å². The molecule has 1 atom stereocenters. The highest BCUT2D eigenvalue weighted by Gasteiger charge is 2.21. The average Bonchev–Trinajstić information content (AvgIpc) is 3.11. The Morgan fingerprint density at radius 2 is 2.28 bits per heavy atom. The lowest BCUT2D eigenvalue weighted by atomic mass is 10.1. The number of rotatable bonds is 6. The van der Waals surface area contributed by atoms with Crippen molar-refractivity contribution in [3.05, 3.63) is 47.6 Å². The third-order valence-corrected chi connectivity index (χ3v) is 4.53. The zero-order valence-electron chi connectivity index (χ0n) is 14.4. The lowest BCUT2D eigenvalue weighted by Crippen LogP contribution is -2.35. The number of nitrogens with one attached hydrogen (secondary N) is 1. The largest absolute Gasteiger partial charge is 0.393 e. The molecule has 1 amide bonds. The Hall–Kier alpha value is -2.25. The molecule has 1 fully saturated rings. The van der Waals surface area contributed by atoms with Crippen molar-refractivity contribution in [2.75, 3.05) is 13.1 Å². The van der Waals surface area contributed by atoms with Gasteiger partial charge in [-0.1, -0.05) is 18.1 Å². The third kappa shape index (κ3) is 4.64. The van der Waals surface area contributed by atoms with Crippen molar-refractivity contribution < 1.29 is 14.4 Å². The summed E-state index contributed by atoms with van der Waals surface area (Å²) >= 11 is 0. The smallest absolute Gasteiger partial charge is 0.273 e. The lowest BCUT2D eigenvalue weighted by molar-refractivity contribution is 0.0748. The molecule has 0 unspecified atom stereocenters. The van der Waals surface area contributed by atoms with Crippen molar-refractivity contribution in [3.8, 4) is 0 Å². The molecular weight excluding hydrogens is 320 g/mol. The first-order valence-electron chi connectivity index (χ1n) is 8.72. The summed E-state index contributed by atoms with van der Waals surface area (Å²) in [5.74, 6) is 0.413. The van der Waals surface area contributed by atoms with Crippen LogP contribution in [0, 0.1) is 0 Å². The van der Waals surface area contributed by atoms with Gasteiger partial charge in [0.05, 0.1) is 18.7 Å². The molecule has 0 aromatic carbocycles. The number of carbonyl (C=O) groups is 1. The highest BCUT2D eigenvalue weighted by molar-refractivity contribution is 5.92. The molecule has 7 heteroatoms. The molecule has 0 aliphatic carbocycles. The molecule has 1 aliphatic heterocycles. The van der Waals surface area contributed by atoms with E-state index in [0.717, 1.165) is 37.9 Å². The zero-order chi connectivity index (χ0) is 17.6. The van der Waals surface area contributed by atoms with E-state index in [0.29, 0.717) is 12.3 Å². The second-order valence-corrected chi connectivity index (χ2v) is 6.41. The number of nitrogens with zero attached hydrogens (tertiary/aromatic N) is 3. The van der Waals surface area contributed by atoms with Crippen molar-refractivity contribution in [1.82, 2.24) is 20.4 Å². The molecule has 0 saturated carbocycles. The molecule has 7 nitrogen and oxygen atoms in total. The number of carbonyl (C=O) groups excluding carboxylic acids is 1. The normalized spacial score (nSPS) is 17.4. The van der Waals surface area contributed by atoms with Crippen molar-refractivity contribution in [3.63, 3.8) is 0 Å². The van der Waals surface area contributed by atoms with Crippen LogP contribution in [-0.4, -0.2) is 45.2 Å². The predicted octanol–water partition coefficient (Wildman–Crippen LogP) is 1.91. The fourth-order valence-corrected chi connectivity index (χ4v) is 3.03. The molecule has 0 radical (unpaired) electrons. The van der Waals surface area contributed by atoms with Crippen LogP contribution in [0.3, 0.4) is 0 Å². The number of likely N-dealkylation sites (tertiary alicyclic amines) is 1. The number of aliphatic hydroxyl groups excluding tert-OH is 1. The maximum absolute atomic E-state index is 12.4. The van der Waals surface area contributed by atoms with Gasteiger partial charge in [-0.3, -0.25) is 14.7 Å². The number of aliphatic hydroxyl groups is 1. The number of aromatic nitrogens is 2. The van der Waals surface area contributed by atoms with E-state index in [1.165, 1.54) is 0 Å². The molecule has 134 valence electrons. The Bertz CT molecular complexity index is 681. The molecule has 1 aliphatic rings. The molecule has 25 heavy (non-hydrogen) atoms. The Kier molecular flexibility index (Phi) is 5.78. The maximum atomic E-state index is 12.4. The second-order valence-electron chi connectivity index (χ2n) is 6.41. The van der Waals surface area contributed by atoms with Gasteiger partial charge < -0.3 is 14.9 Å². The molecule has 2 aromatic heterocycles. The Labute approximate surface area is 147 Å². The highest BCUT2D eigenvalue weighted by atomic mass is 16.5. The van der Waals surface area contributed by atoms with Gasteiger partial charge in [-0.15, -0.1) is 0 Å². The van der Waals surface area contributed by atoms with Gasteiger partial charge in [0.2, 0.25) is 0 Å². The minimum absolute atomic E-state index is 0.107. The van der Waals surface area contributed by atoms with E-state index in [1.807, 2.05) is 19.1 Å². The molecule has 0 spiro atoms. The summed E-state index contributed by atoms with van der Waals surface area (Å²) in [7, 11) is 0. The molecular formula is C18H24N4O3. The summed E-state index contributed by atoms with van der Waals surface area (Å²) in [6.45, 7) is 4.26. The van der Waals surface area contributed by atoms with E-state index < -0.39 is 0 Å². The first-order valence-corrected chi connectivity index (χ1v) is 8.72. The van der Waals surface area contributed by atoms with Crippen molar-refractivity contribution >= 4 is 5.91 Å². The highest BCUT2D eigenvalue weighted by Crippen LogP contribution is 2.17. The maximum Gasteiger partial charge on any atom is 0.273 e. The van der Waals surface area contributed by atoms with Crippen molar-refractivity contribution in [1.29, 1.82) is 0 Å². The number of hydrogen-bond acceptors (Lipinski definition) is 6. The molecule has 3 heterocycles. The van der Waals surface area contributed by atoms with Gasteiger partial charge in [0.25, 0.3) is 5.91 Å². The van der Waals surface area contributed by atoms with Crippen LogP contribution in [0.5, 0.6) is 0 Å². The number of amides is 1. The second kappa shape index (κ2) is 8.22. The molecule has 3 rings (SSSR count). The third-order valence-electron chi connectivity index (χ3n) is 4.53.